The number of rotatable bonds is 12. The predicted octanol–water partition coefficient (Wildman–Crippen LogP) is 2.62. The van der Waals surface area contributed by atoms with Crippen LogP contribution < -0.4 is 15.4 Å². The van der Waals surface area contributed by atoms with Crippen molar-refractivity contribution in [2.45, 2.75) is 53.1 Å². The average molecular weight is 412 g/mol. The Kier molecular flexibility index (Phi) is 10.9. The molecule has 0 bridgehead atoms. The molecule has 0 saturated heterocycles. The zero-order valence-electron chi connectivity index (χ0n) is 18.0. The van der Waals surface area contributed by atoms with Crippen LogP contribution in [0.1, 0.15) is 46.1 Å². The summed E-state index contributed by atoms with van der Waals surface area (Å²) < 4.78 is 25.7. The van der Waals surface area contributed by atoms with Crippen LogP contribution in [0.4, 0.5) is 5.69 Å². The number of guanidine groups is 1. The molecule has 1 rings (SSSR count). The zero-order chi connectivity index (χ0) is 21.0. The molecule has 0 aromatic heterocycles. The van der Waals surface area contributed by atoms with E-state index in [1.54, 1.807) is 6.07 Å². The number of hydrogen-bond donors (Lipinski definition) is 3. The second-order valence-electron chi connectivity index (χ2n) is 6.94. The van der Waals surface area contributed by atoms with Gasteiger partial charge in [-0.25, -0.2) is 13.4 Å². The van der Waals surface area contributed by atoms with Crippen molar-refractivity contribution in [2.75, 3.05) is 37.2 Å². The molecular weight excluding hydrogens is 374 g/mol. The van der Waals surface area contributed by atoms with Crippen LogP contribution in [0.15, 0.2) is 29.3 Å². The molecular formula is C20H37N5O2S. The van der Waals surface area contributed by atoms with Crippen molar-refractivity contribution in [3.63, 3.8) is 0 Å². The van der Waals surface area contributed by atoms with E-state index in [2.05, 4.69) is 46.0 Å². The smallest absolute Gasteiger partial charge is 0.229 e. The molecule has 28 heavy (non-hydrogen) atoms. The first-order chi connectivity index (χ1) is 13.3. The van der Waals surface area contributed by atoms with Gasteiger partial charge in [0.25, 0.3) is 0 Å². The summed E-state index contributed by atoms with van der Waals surface area (Å²) in [6.07, 6.45) is 3.35. The standard InChI is InChI=1S/C20H37N5O2S/c1-6-21-20(23-17(4)12-11-15-25(7-2)8-3)22-16-18-13-9-10-14-19(18)24-28(5,26)27/h9-10,13-14,17,24H,6-8,11-12,15-16H2,1-5H3,(H2,21,22,23). The maximum Gasteiger partial charge on any atom is 0.229 e. The third-order valence-corrected chi connectivity index (χ3v) is 5.04. The summed E-state index contributed by atoms with van der Waals surface area (Å²) in [5, 5.41) is 6.71. The van der Waals surface area contributed by atoms with Gasteiger partial charge in [0.2, 0.25) is 10.0 Å². The van der Waals surface area contributed by atoms with Crippen LogP contribution in [0, 0.1) is 0 Å². The molecule has 0 saturated carbocycles. The first kappa shape index (κ1) is 24.2. The molecule has 1 atom stereocenters. The Bertz CT molecular complexity index is 702. The highest BCUT2D eigenvalue weighted by molar-refractivity contribution is 7.92. The number of nitrogens with one attached hydrogen (secondary N) is 3. The number of benzene rings is 1. The molecule has 0 aliphatic carbocycles. The largest absolute Gasteiger partial charge is 0.357 e. The van der Waals surface area contributed by atoms with Crippen LogP contribution in [0.3, 0.4) is 0 Å². The number of hydrogen-bond acceptors (Lipinski definition) is 4. The molecule has 0 heterocycles. The summed E-state index contributed by atoms with van der Waals surface area (Å²) in [6.45, 7) is 13.0. The van der Waals surface area contributed by atoms with Crippen LogP contribution in [-0.4, -0.2) is 57.8 Å². The Labute approximate surface area is 171 Å². The number of nitrogens with zero attached hydrogens (tertiary/aromatic N) is 2. The Balaban J connectivity index is 2.69. The maximum absolute atomic E-state index is 11.6. The molecule has 0 aliphatic rings. The lowest BCUT2D eigenvalue weighted by atomic mass is 10.1. The predicted molar refractivity (Wildman–Crippen MR) is 119 cm³/mol. The fourth-order valence-corrected chi connectivity index (χ4v) is 3.51. The number of aliphatic imine (C=N–C) groups is 1. The molecule has 7 nitrogen and oxygen atoms in total. The second-order valence-corrected chi connectivity index (χ2v) is 8.69. The van der Waals surface area contributed by atoms with Crippen LogP contribution in [-0.2, 0) is 16.6 Å². The number of anilines is 1. The monoisotopic (exact) mass is 411 g/mol. The summed E-state index contributed by atoms with van der Waals surface area (Å²) in [4.78, 5) is 7.07. The first-order valence-corrected chi connectivity index (χ1v) is 12.0. The molecule has 1 aromatic carbocycles. The normalized spacial score (nSPS) is 13.4. The highest BCUT2D eigenvalue weighted by atomic mass is 32.2. The van der Waals surface area contributed by atoms with Gasteiger partial charge in [0.1, 0.15) is 0 Å². The van der Waals surface area contributed by atoms with E-state index < -0.39 is 10.0 Å². The number of sulfonamides is 1. The molecule has 0 spiro atoms. The molecule has 160 valence electrons. The van der Waals surface area contributed by atoms with Gasteiger partial charge in [0.05, 0.1) is 18.5 Å². The van der Waals surface area contributed by atoms with Gasteiger partial charge >= 0.3 is 0 Å². The van der Waals surface area contributed by atoms with E-state index in [0.717, 1.165) is 56.8 Å². The van der Waals surface area contributed by atoms with E-state index in [0.29, 0.717) is 18.3 Å². The van der Waals surface area contributed by atoms with Gasteiger partial charge in [0, 0.05) is 12.6 Å². The number of para-hydroxylation sites is 1. The third kappa shape index (κ3) is 9.94. The lowest BCUT2D eigenvalue weighted by Crippen LogP contribution is -2.42. The minimum atomic E-state index is -3.32. The van der Waals surface area contributed by atoms with Gasteiger partial charge in [-0.15, -0.1) is 0 Å². The van der Waals surface area contributed by atoms with Gasteiger partial charge in [-0.3, -0.25) is 4.72 Å². The van der Waals surface area contributed by atoms with Crippen molar-refractivity contribution in [1.29, 1.82) is 0 Å². The van der Waals surface area contributed by atoms with Crippen LogP contribution in [0.5, 0.6) is 0 Å². The fourth-order valence-electron chi connectivity index (χ4n) is 2.91. The zero-order valence-corrected chi connectivity index (χ0v) is 18.8. The van der Waals surface area contributed by atoms with Crippen molar-refractivity contribution in [3.05, 3.63) is 29.8 Å². The molecule has 0 aliphatic heterocycles. The van der Waals surface area contributed by atoms with Crippen LogP contribution in [0.2, 0.25) is 0 Å². The van der Waals surface area contributed by atoms with Gasteiger partial charge in [0.15, 0.2) is 5.96 Å². The highest BCUT2D eigenvalue weighted by Crippen LogP contribution is 2.17. The summed E-state index contributed by atoms with van der Waals surface area (Å²) in [6, 6.07) is 7.63. The van der Waals surface area contributed by atoms with Crippen molar-refractivity contribution in [1.82, 2.24) is 15.5 Å². The minimum absolute atomic E-state index is 0.303. The molecule has 8 heteroatoms. The van der Waals surface area contributed by atoms with Gasteiger partial charge in [-0.2, -0.15) is 0 Å². The Morgan fingerprint density at radius 3 is 2.46 bits per heavy atom. The maximum atomic E-state index is 11.6. The van der Waals surface area contributed by atoms with Crippen LogP contribution >= 0.6 is 0 Å². The lowest BCUT2D eigenvalue weighted by Gasteiger charge is -2.21. The summed E-state index contributed by atoms with van der Waals surface area (Å²) in [7, 11) is -3.32. The second kappa shape index (κ2) is 12.6. The third-order valence-electron chi connectivity index (χ3n) is 4.45. The average Bonchev–Trinajstić information content (AvgIpc) is 2.63. The van der Waals surface area contributed by atoms with E-state index >= 15 is 0 Å². The summed E-state index contributed by atoms with van der Waals surface area (Å²) in [5.41, 5.74) is 1.40. The van der Waals surface area contributed by atoms with Crippen molar-refractivity contribution >= 4 is 21.7 Å². The Morgan fingerprint density at radius 2 is 1.86 bits per heavy atom. The first-order valence-electron chi connectivity index (χ1n) is 10.1. The quantitative estimate of drug-likeness (QED) is 0.364. The van der Waals surface area contributed by atoms with Crippen LogP contribution in [0.25, 0.3) is 0 Å². The Morgan fingerprint density at radius 1 is 1.18 bits per heavy atom. The molecule has 0 radical (unpaired) electrons. The molecule has 1 unspecified atom stereocenters. The minimum Gasteiger partial charge on any atom is -0.357 e. The molecule has 1 aromatic rings. The SMILES string of the molecule is CCNC(=NCc1ccccc1NS(C)(=O)=O)NC(C)CCCN(CC)CC. The van der Waals surface area contributed by atoms with E-state index in [1.165, 1.54) is 0 Å². The Hall–Kier alpha value is -1.80. The van der Waals surface area contributed by atoms with E-state index in [4.69, 9.17) is 0 Å². The molecule has 3 N–H and O–H groups in total. The summed E-state index contributed by atoms with van der Waals surface area (Å²) >= 11 is 0. The van der Waals surface area contributed by atoms with Gasteiger partial charge in [-0.05, 0) is 58.0 Å². The van der Waals surface area contributed by atoms with Crippen molar-refractivity contribution in [2.24, 2.45) is 4.99 Å². The topological polar surface area (TPSA) is 85.8 Å². The summed E-state index contributed by atoms with van der Waals surface area (Å²) in [5.74, 6) is 0.743. The van der Waals surface area contributed by atoms with Gasteiger partial charge in [-0.1, -0.05) is 32.0 Å². The van der Waals surface area contributed by atoms with Crippen molar-refractivity contribution in [3.8, 4) is 0 Å². The lowest BCUT2D eigenvalue weighted by molar-refractivity contribution is 0.292. The van der Waals surface area contributed by atoms with E-state index in [1.807, 2.05) is 25.1 Å². The highest BCUT2D eigenvalue weighted by Gasteiger charge is 2.09. The fraction of sp³-hybridized carbons (Fsp3) is 0.650. The molecule has 0 fully saturated rings. The van der Waals surface area contributed by atoms with E-state index in [-0.39, 0.29) is 0 Å². The van der Waals surface area contributed by atoms with Gasteiger partial charge < -0.3 is 15.5 Å². The van der Waals surface area contributed by atoms with Crippen molar-refractivity contribution < 1.29 is 8.42 Å². The molecule has 0 amide bonds. The van der Waals surface area contributed by atoms with E-state index in [9.17, 15) is 8.42 Å².